The maximum atomic E-state index is 10.2. The fraction of sp³-hybridized carbons (Fsp3) is 0.733. The van der Waals surface area contributed by atoms with Gasteiger partial charge in [0.15, 0.2) is 0 Å². The van der Waals surface area contributed by atoms with Crippen LogP contribution in [-0.4, -0.2) is 10.7 Å². The Morgan fingerprint density at radius 2 is 1.88 bits per heavy atom. The normalized spacial score (nSPS) is 36.9. The second kappa shape index (κ2) is 5.18. The minimum absolute atomic E-state index is 0.210. The summed E-state index contributed by atoms with van der Waals surface area (Å²) in [5.41, 5.74) is 1.14. The smallest absolute Gasteiger partial charge is 0.0654 e. The molecule has 0 amide bonds. The van der Waals surface area contributed by atoms with Gasteiger partial charge in [-0.15, -0.1) is 0 Å². The van der Waals surface area contributed by atoms with E-state index >= 15 is 0 Å². The number of hydrogen-bond donors (Lipinski definition) is 1. The molecular weight excluding hydrogens is 196 g/mol. The third-order valence-corrected chi connectivity index (χ3v) is 3.39. The molecule has 1 N–H and O–H groups in total. The minimum atomic E-state index is -0.531. The van der Waals surface area contributed by atoms with Crippen molar-refractivity contribution in [2.75, 3.05) is 0 Å². The van der Waals surface area contributed by atoms with Crippen LogP contribution < -0.4 is 0 Å². The molecule has 1 aliphatic rings. The summed E-state index contributed by atoms with van der Waals surface area (Å²) in [5.74, 6) is 0. The van der Waals surface area contributed by atoms with E-state index in [2.05, 4.69) is 39.0 Å². The quantitative estimate of drug-likeness (QED) is 0.608. The van der Waals surface area contributed by atoms with Gasteiger partial charge in [-0.2, -0.15) is 0 Å². The van der Waals surface area contributed by atoms with Gasteiger partial charge in [0.25, 0.3) is 0 Å². The van der Waals surface area contributed by atoms with E-state index < -0.39 is 5.60 Å². The molecule has 0 saturated heterocycles. The second-order valence-corrected chi connectivity index (χ2v) is 6.20. The van der Waals surface area contributed by atoms with Crippen LogP contribution in [0.2, 0.25) is 0 Å². The number of aliphatic hydroxyl groups is 1. The summed E-state index contributed by atoms with van der Waals surface area (Å²) in [6.07, 6.45) is 11.7. The number of allylic oxidation sites excluding steroid dienone is 3. The monoisotopic (exact) mass is 222 g/mol. The van der Waals surface area contributed by atoms with E-state index in [1.54, 1.807) is 0 Å². The van der Waals surface area contributed by atoms with Gasteiger partial charge >= 0.3 is 0 Å². The summed E-state index contributed by atoms with van der Waals surface area (Å²) in [7, 11) is 0. The molecular formula is C15H26O. The molecule has 0 aromatic carbocycles. The van der Waals surface area contributed by atoms with E-state index in [0.717, 1.165) is 32.1 Å². The Bertz CT molecular complexity index is 282. The first-order chi connectivity index (χ1) is 7.31. The minimum Gasteiger partial charge on any atom is -0.390 e. The summed E-state index contributed by atoms with van der Waals surface area (Å²) in [6, 6.07) is 0. The molecule has 0 spiro atoms. The molecule has 1 nitrogen and oxygen atoms in total. The van der Waals surface area contributed by atoms with Crippen molar-refractivity contribution in [2.45, 2.75) is 65.4 Å². The highest BCUT2D eigenvalue weighted by Crippen LogP contribution is 2.28. The standard InChI is InChI=1S/C15H26O/c1-13-7-5-10-15(4,16)11-6-9-14(2,3)12-8-13/h6,8-9,16H,5,7,10-12H2,1-4H3/b9-6+,13-8+. The molecule has 1 rings (SSSR count). The fourth-order valence-electron chi connectivity index (χ4n) is 2.09. The van der Waals surface area contributed by atoms with Gasteiger partial charge in [0, 0.05) is 0 Å². The predicted octanol–water partition coefficient (Wildman–Crippen LogP) is 4.23. The lowest BCUT2D eigenvalue weighted by molar-refractivity contribution is 0.0519. The Morgan fingerprint density at radius 3 is 2.56 bits per heavy atom. The van der Waals surface area contributed by atoms with Gasteiger partial charge in [0.1, 0.15) is 0 Å². The highest BCUT2D eigenvalue weighted by Gasteiger charge is 2.20. The van der Waals surface area contributed by atoms with E-state index in [1.807, 2.05) is 6.92 Å². The van der Waals surface area contributed by atoms with Gasteiger partial charge in [-0.1, -0.05) is 37.6 Å². The average molecular weight is 222 g/mol. The molecule has 0 aromatic heterocycles. The van der Waals surface area contributed by atoms with Crippen LogP contribution in [0.1, 0.15) is 59.8 Å². The molecule has 0 aliphatic heterocycles. The third-order valence-electron chi connectivity index (χ3n) is 3.39. The Kier molecular flexibility index (Phi) is 4.37. The Morgan fingerprint density at radius 1 is 1.19 bits per heavy atom. The lowest BCUT2D eigenvalue weighted by atomic mass is 9.87. The molecule has 0 bridgehead atoms. The first-order valence-electron chi connectivity index (χ1n) is 6.37. The molecule has 1 atom stereocenters. The largest absolute Gasteiger partial charge is 0.390 e. The van der Waals surface area contributed by atoms with Gasteiger partial charge in [0.2, 0.25) is 0 Å². The second-order valence-electron chi connectivity index (χ2n) is 6.20. The molecule has 1 aliphatic carbocycles. The van der Waals surface area contributed by atoms with E-state index in [-0.39, 0.29) is 5.41 Å². The van der Waals surface area contributed by atoms with Crippen molar-refractivity contribution < 1.29 is 5.11 Å². The Labute approximate surface area is 100 Å². The number of rotatable bonds is 0. The topological polar surface area (TPSA) is 20.2 Å². The fourth-order valence-corrected chi connectivity index (χ4v) is 2.09. The van der Waals surface area contributed by atoms with Gasteiger partial charge < -0.3 is 5.11 Å². The van der Waals surface area contributed by atoms with Crippen LogP contribution in [0.3, 0.4) is 0 Å². The van der Waals surface area contributed by atoms with Crippen LogP contribution in [-0.2, 0) is 0 Å². The first-order valence-corrected chi connectivity index (χ1v) is 6.37. The maximum absolute atomic E-state index is 10.2. The zero-order valence-electron chi connectivity index (χ0n) is 11.2. The molecule has 0 heterocycles. The highest BCUT2D eigenvalue weighted by atomic mass is 16.3. The van der Waals surface area contributed by atoms with E-state index in [4.69, 9.17) is 0 Å². The predicted molar refractivity (Wildman–Crippen MR) is 70.4 cm³/mol. The molecule has 0 fully saturated rings. The lowest BCUT2D eigenvalue weighted by Gasteiger charge is -2.22. The van der Waals surface area contributed by atoms with E-state index in [0.29, 0.717) is 0 Å². The summed E-state index contributed by atoms with van der Waals surface area (Å²) >= 11 is 0. The van der Waals surface area contributed by atoms with Gasteiger partial charge in [-0.3, -0.25) is 0 Å². The SMILES string of the molecule is C/C1=C\CC(C)(C)/C=C/CC(C)(O)CCC1. The van der Waals surface area contributed by atoms with Crippen LogP contribution in [0.15, 0.2) is 23.8 Å². The first kappa shape index (κ1) is 13.5. The number of hydrogen-bond acceptors (Lipinski definition) is 1. The van der Waals surface area contributed by atoms with Crippen molar-refractivity contribution in [3.63, 3.8) is 0 Å². The van der Waals surface area contributed by atoms with Crippen LogP contribution in [0.4, 0.5) is 0 Å². The van der Waals surface area contributed by atoms with Gasteiger partial charge in [-0.05, 0) is 51.4 Å². The maximum Gasteiger partial charge on any atom is 0.0654 e. The van der Waals surface area contributed by atoms with Crippen molar-refractivity contribution in [2.24, 2.45) is 5.41 Å². The van der Waals surface area contributed by atoms with Crippen LogP contribution >= 0.6 is 0 Å². The van der Waals surface area contributed by atoms with Crippen molar-refractivity contribution in [1.82, 2.24) is 0 Å². The summed E-state index contributed by atoms with van der Waals surface area (Å²) in [6.45, 7) is 8.65. The highest BCUT2D eigenvalue weighted by molar-refractivity contribution is 5.06. The van der Waals surface area contributed by atoms with Crippen molar-refractivity contribution in [3.05, 3.63) is 23.8 Å². The summed E-state index contributed by atoms with van der Waals surface area (Å²) in [5, 5.41) is 10.2. The lowest BCUT2D eigenvalue weighted by Crippen LogP contribution is -2.22. The molecule has 16 heavy (non-hydrogen) atoms. The molecule has 1 unspecified atom stereocenters. The van der Waals surface area contributed by atoms with E-state index in [1.165, 1.54) is 5.57 Å². The molecule has 92 valence electrons. The van der Waals surface area contributed by atoms with Gasteiger partial charge in [-0.25, -0.2) is 0 Å². The molecule has 1 heteroatoms. The summed E-state index contributed by atoms with van der Waals surface area (Å²) < 4.78 is 0. The van der Waals surface area contributed by atoms with Crippen molar-refractivity contribution >= 4 is 0 Å². The third kappa shape index (κ3) is 4.98. The van der Waals surface area contributed by atoms with Crippen LogP contribution in [0.25, 0.3) is 0 Å². The van der Waals surface area contributed by atoms with Gasteiger partial charge in [0.05, 0.1) is 5.60 Å². The Balaban J connectivity index is 2.78. The van der Waals surface area contributed by atoms with Crippen molar-refractivity contribution in [3.8, 4) is 0 Å². The Hall–Kier alpha value is -0.560. The van der Waals surface area contributed by atoms with Crippen LogP contribution in [0.5, 0.6) is 0 Å². The zero-order valence-corrected chi connectivity index (χ0v) is 11.2. The van der Waals surface area contributed by atoms with Crippen LogP contribution in [0, 0.1) is 5.41 Å². The molecule has 0 aromatic rings. The molecule has 0 radical (unpaired) electrons. The zero-order chi connectivity index (χ0) is 12.2. The van der Waals surface area contributed by atoms with E-state index in [9.17, 15) is 5.11 Å². The summed E-state index contributed by atoms with van der Waals surface area (Å²) in [4.78, 5) is 0. The van der Waals surface area contributed by atoms with Crippen molar-refractivity contribution in [1.29, 1.82) is 0 Å². The molecule has 0 saturated carbocycles. The average Bonchev–Trinajstić information content (AvgIpc) is 2.14.